The highest BCUT2D eigenvalue weighted by atomic mass is 35.5. The van der Waals surface area contributed by atoms with Crippen LogP contribution in [-0.2, 0) is 4.79 Å². The largest absolute Gasteiger partial charge is 0.352 e. The van der Waals surface area contributed by atoms with Gasteiger partial charge in [-0.2, -0.15) is 0 Å². The normalized spacial score (nSPS) is 20.3. The fourth-order valence-corrected chi connectivity index (χ4v) is 2.20. The van der Waals surface area contributed by atoms with Gasteiger partial charge < -0.3 is 11.1 Å². The molecule has 0 bridgehead atoms. The van der Waals surface area contributed by atoms with Crippen molar-refractivity contribution in [2.45, 2.75) is 58.5 Å². The van der Waals surface area contributed by atoms with E-state index in [1.165, 1.54) is 25.7 Å². The molecule has 0 aromatic heterocycles. The minimum Gasteiger partial charge on any atom is -0.352 e. The summed E-state index contributed by atoms with van der Waals surface area (Å²) in [5.74, 6) is 0.874. The Morgan fingerprint density at radius 3 is 2.19 bits per heavy atom. The average molecular weight is 249 g/mol. The van der Waals surface area contributed by atoms with Crippen LogP contribution in [0, 0.1) is 11.8 Å². The molecule has 4 heteroatoms. The van der Waals surface area contributed by atoms with Gasteiger partial charge in [0.25, 0.3) is 0 Å². The molecule has 1 unspecified atom stereocenters. The van der Waals surface area contributed by atoms with Crippen molar-refractivity contribution in [3.05, 3.63) is 0 Å². The van der Waals surface area contributed by atoms with Crippen molar-refractivity contribution < 1.29 is 4.79 Å². The van der Waals surface area contributed by atoms with Gasteiger partial charge in [-0.05, 0) is 31.6 Å². The van der Waals surface area contributed by atoms with E-state index in [2.05, 4.69) is 12.2 Å². The van der Waals surface area contributed by atoms with E-state index in [0.29, 0.717) is 5.92 Å². The van der Waals surface area contributed by atoms with Crippen LogP contribution in [0.25, 0.3) is 0 Å². The van der Waals surface area contributed by atoms with Crippen molar-refractivity contribution in [1.82, 2.24) is 5.32 Å². The number of amides is 1. The van der Waals surface area contributed by atoms with E-state index in [1.54, 1.807) is 0 Å². The Morgan fingerprint density at radius 1 is 1.25 bits per heavy atom. The van der Waals surface area contributed by atoms with Crippen molar-refractivity contribution in [2.24, 2.45) is 17.6 Å². The van der Waals surface area contributed by atoms with Gasteiger partial charge in [0.15, 0.2) is 0 Å². The summed E-state index contributed by atoms with van der Waals surface area (Å²) in [5.41, 5.74) is 5.79. The predicted molar refractivity (Wildman–Crippen MR) is 69.6 cm³/mol. The Morgan fingerprint density at radius 2 is 1.75 bits per heavy atom. The molecule has 16 heavy (non-hydrogen) atoms. The Balaban J connectivity index is 0.00000225. The van der Waals surface area contributed by atoms with Crippen LogP contribution in [0.1, 0.15) is 46.5 Å². The smallest absolute Gasteiger partial charge is 0.237 e. The maximum atomic E-state index is 11.7. The monoisotopic (exact) mass is 248 g/mol. The molecular formula is C12H25ClN2O. The average Bonchev–Trinajstić information content (AvgIpc) is 2.68. The molecule has 0 spiro atoms. The maximum absolute atomic E-state index is 11.7. The molecule has 1 rings (SSSR count). The molecule has 1 saturated carbocycles. The molecule has 0 aromatic rings. The second-order valence-corrected chi connectivity index (χ2v) is 5.11. The lowest BCUT2D eigenvalue weighted by Gasteiger charge is -2.23. The molecule has 1 aliphatic carbocycles. The summed E-state index contributed by atoms with van der Waals surface area (Å²) in [7, 11) is 0. The van der Waals surface area contributed by atoms with Crippen molar-refractivity contribution >= 4 is 18.3 Å². The highest BCUT2D eigenvalue weighted by Gasteiger charge is 2.25. The minimum atomic E-state index is -0.367. The molecule has 1 amide bonds. The van der Waals surface area contributed by atoms with E-state index >= 15 is 0 Å². The number of halogens is 1. The van der Waals surface area contributed by atoms with Crippen LogP contribution in [0.15, 0.2) is 0 Å². The van der Waals surface area contributed by atoms with E-state index < -0.39 is 0 Å². The number of hydrogen-bond donors (Lipinski definition) is 2. The van der Waals surface area contributed by atoms with E-state index in [1.807, 2.05) is 13.8 Å². The zero-order valence-corrected chi connectivity index (χ0v) is 11.3. The number of rotatable bonds is 4. The molecule has 1 aliphatic rings. The quantitative estimate of drug-likeness (QED) is 0.801. The molecular weight excluding hydrogens is 224 g/mol. The van der Waals surface area contributed by atoms with Crippen LogP contribution in [0.2, 0.25) is 0 Å². The molecule has 3 nitrogen and oxygen atoms in total. The first-order valence-electron chi connectivity index (χ1n) is 6.08. The summed E-state index contributed by atoms with van der Waals surface area (Å²) in [4.78, 5) is 11.7. The third kappa shape index (κ3) is 4.30. The topological polar surface area (TPSA) is 55.1 Å². The SMILES string of the molecule is CC(NC(=O)[C@H](N)C(C)C)C1CCCC1.Cl. The molecule has 0 aromatic carbocycles. The highest BCUT2D eigenvalue weighted by Crippen LogP contribution is 2.27. The van der Waals surface area contributed by atoms with Gasteiger partial charge >= 0.3 is 0 Å². The fraction of sp³-hybridized carbons (Fsp3) is 0.917. The molecule has 0 radical (unpaired) electrons. The van der Waals surface area contributed by atoms with Gasteiger partial charge in [-0.25, -0.2) is 0 Å². The lowest BCUT2D eigenvalue weighted by Crippen LogP contribution is -2.48. The van der Waals surface area contributed by atoms with Crippen molar-refractivity contribution in [1.29, 1.82) is 0 Å². The van der Waals surface area contributed by atoms with Gasteiger partial charge in [-0.1, -0.05) is 26.7 Å². The Bertz CT molecular complexity index is 215. The van der Waals surface area contributed by atoms with E-state index in [0.717, 1.165) is 0 Å². The molecule has 3 N–H and O–H groups in total. The van der Waals surface area contributed by atoms with Crippen LogP contribution in [0.5, 0.6) is 0 Å². The predicted octanol–water partition coefficient (Wildman–Crippen LogP) is 2.09. The van der Waals surface area contributed by atoms with Crippen LogP contribution in [-0.4, -0.2) is 18.0 Å². The van der Waals surface area contributed by atoms with Gasteiger partial charge in [0.1, 0.15) is 0 Å². The molecule has 0 heterocycles. The Labute approximate surface area is 105 Å². The second kappa shape index (κ2) is 7.13. The van der Waals surface area contributed by atoms with Gasteiger partial charge in [-0.3, -0.25) is 4.79 Å². The number of hydrogen-bond acceptors (Lipinski definition) is 2. The summed E-state index contributed by atoms with van der Waals surface area (Å²) in [6.45, 7) is 6.05. The zero-order chi connectivity index (χ0) is 11.4. The highest BCUT2D eigenvalue weighted by molar-refractivity contribution is 5.85. The van der Waals surface area contributed by atoms with Crippen LogP contribution >= 0.6 is 12.4 Å². The number of carbonyl (C=O) groups excluding carboxylic acids is 1. The molecule has 1 fully saturated rings. The summed E-state index contributed by atoms with van der Waals surface area (Å²) < 4.78 is 0. The first kappa shape index (κ1) is 15.7. The van der Waals surface area contributed by atoms with Crippen molar-refractivity contribution in [2.75, 3.05) is 0 Å². The second-order valence-electron chi connectivity index (χ2n) is 5.11. The Kier molecular flexibility index (Phi) is 7.00. The first-order valence-corrected chi connectivity index (χ1v) is 6.08. The van der Waals surface area contributed by atoms with Gasteiger partial charge in [0.05, 0.1) is 6.04 Å². The van der Waals surface area contributed by atoms with Crippen LogP contribution in [0.4, 0.5) is 0 Å². The van der Waals surface area contributed by atoms with E-state index in [9.17, 15) is 4.79 Å². The molecule has 0 aliphatic heterocycles. The Hall–Kier alpha value is -0.280. The molecule has 2 atom stereocenters. The minimum absolute atomic E-state index is 0. The number of nitrogens with one attached hydrogen (secondary N) is 1. The first-order chi connectivity index (χ1) is 7.02. The lowest BCUT2D eigenvalue weighted by molar-refractivity contribution is -0.124. The summed E-state index contributed by atoms with van der Waals surface area (Å²) >= 11 is 0. The third-order valence-electron chi connectivity index (χ3n) is 3.50. The third-order valence-corrected chi connectivity index (χ3v) is 3.50. The lowest BCUT2D eigenvalue weighted by atomic mass is 9.98. The summed E-state index contributed by atoms with van der Waals surface area (Å²) in [5, 5.41) is 3.04. The maximum Gasteiger partial charge on any atom is 0.237 e. The van der Waals surface area contributed by atoms with Crippen molar-refractivity contribution in [3.8, 4) is 0 Å². The van der Waals surface area contributed by atoms with Crippen molar-refractivity contribution in [3.63, 3.8) is 0 Å². The standard InChI is InChI=1S/C12H24N2O.ClH/c1-8(2)11(13)12(15)14-9(3)10-6-4-5-7-10;/h8-11H,4-7,13H2,1-3H3,(H,14,15);1H/t9?,11-;/m1./s1. The molecule has 0 saturated heterocycles. The van der Waals surface area contributed by atoms with Gasteiger partial charge in [-0.15, -0.1) is 12.4 Å². The number of nitrogens with two attached hydrogens (primary N) is 1. The zero-order valence-electron chi connectivity index (χ0n) is 10.5. The van der Waals surface area contributed by atoms with Crippen LogP contribution in [0.3, 0.4) is 0 Å². The van der Waals surface area contributed by atoms with Gasteiger partial charge in [0.2, 0.25) is 5.91 Å². The van der Waals surface area contributed by atoms with Gasteiger partial charge in [0, 0.05) is 6.04 Å². The number of carbonyl (C=O) groups is 1. The summed E-state index contributed by atoms with van der Waals surface area (Å²) in [6, 6.07) is -0.0846. The molecule has 96 valence electrons. The van der Waals surface area contributed by atoms with E-state index in [4.69, 9.17) is 5.73 Å². The van der Waals surface area contributed by atoms with Crippen LogP contribution < -0.4 is 11.1 Å². The van der Waals surface area contributed by atoms with E-state index in [-0.39, 0.29) is 36.3 Å². The summed E-state index contributed by atoms with van der Waals surface area (Å²) in [6.07, 6.45) is 5.11. The fourth-order valence-electron chi connectivity index (χ4n) is 2.20.